The normalized spacial score (nSPS) is 11.8. The van der Waals surface area contributed by atoms with E-state index in [1.807, 2.05) is 9.39 Å². The van der Waals surface area contributed by atoms with Crippen molar-refractivity contribution < 1.29 is 4.57 Å². The van der Waals surface area contributed by atoms with Gasteiger partial charge < -0.3 is 0 Å². The lowest BCUT2D eigenvalue weighted by atomic mass is 13.8. The molecule has 0 amide bonds. The summed E-state index contributed by atoms with van der Waals surface area (Å²) >= 11 is 0. The largest absolute Gasteiger partial charge is 0.276 e. The molecule has 0 aliphatic carbocycles. The summed E-state index contributed by atoms with van der Waals surface area (Å²) in [6.07, 6.45) is 0. The van der Waals surface area contributed by atoms with Crippen molar-refractivity contribution in [2.45, 2.75) is 0 Å². The third kappa shape index (κ3) is 4.54. The van der Waals surface area contributed by atoms with Crippen LogP contribution in [0.4, 0.5) is 0 Å². The molecule has 0 aromatic rings. The SMILES string of the molecule is NP(N)(=O)NP. The maximum Gasteiger partial charge on any atom is 0.276 e. The molecule has 6 heavy (non-hydrogen) atoms. The monoisotopic (exact) mass is 127 g/mol. The summed E-state index contributed by atoms with van der Waals surface area (Å²) in [5.41, 5.74) is 9.47. The number of nitrogens with one attached hydrogen (secondary N) is 1. The van der Waals surface area contributed by atoms with Crippen LogP contribution in [0.3, 0.4) is 0 Å². The van der Waals surface area contributed by atoms with E-state index >= 15 is 0 Å². The van der Waals surface area contributed by atoms with Crippen molar-refractivity contribution in [1.82, 2.24) is 4.86 Å². The van der Waals surface area contributed by atoms with Crippen LogP contribution in [0.1, 0.15) is 0 Å². The van der Waals surface area contributed by atoms with Crippen molar-refractivity contribution in [1.29, 1.82) is 0 Å². The van der Waals surface area contributed by atoms with Crippen molar-refractivity contribution in [3.8, 4) is 0 Å². The fraction of sp³-hybridized carbons (Fsp3) is 0. The van der Waals surface area contributed by atoms with E-state index in [1.54, 1.807) is 0 Å². The summed E-state index contributed by atoms with van der Waals surface area (Å²) in [5.74, 6) is 0. The highest BCUT2D eigenvalue weighted by Crippen LogP contribution is 2.18. The standard InChI is InChI=1S/H7N3OP2/c1-6(2,4)3-5/h5H2,(H5,1,2,3,4). The molecule has 0 rings (SSSR count). The van der Waals surface area contributed by atoms with Crippen LogP contribution < -0.4 is 15.9 Å². The Morgan fingerprint density at radius 3 is 1.83 bits per heavy atom. The molecular weight excluding hydrogens is 120 g/mol. The van der Waals surface area contributed by atoms with Gasteiger partial charge in [-0.1, -0.05) is 9.39 Å². The molecule has 0 aliphatic rings. The quantitative estimate of drug-likeness (QED) is 0.410. The summed E-state index contributed by atoms with van der Waals surface area (Å²) < 4.78 is 10.0. The smallest absolute Gasteiger partial charge is 0.271 e. The minimum atomic E-state index is -2.93. The van der Waals surface area contributed by atoms with Gasteiger partial charge in [0.1, 0.15) is 0 Å². The summed E-state index contributed by atoms with van der Waals surface area (Å²) in [4.78, 5) is 2.13. The minimum absolute atomic E-state index is 1.96. The average molecular weight is 127 g/mol. The predicted octanol–water partition coefficient (Wildman–Crippen LogP) is -0.608. The fourth-order valence-electron chi connectivity index (χ4n) is 0. The van der Waals surface area contributed by atoms with Gasteiger partial charge in [-0.05, 0) is 0 Å². The Balaban J connectivity index is 3.48. The van der Waals surface area contributed by atoms with Crippen LogP contribution in [-0.2, 0) is 4.57 Å². The maximum absolute atomic E-state index is 10.0. The maximum atomic E-state index is 10.0. The molecule has 4 nitrogen and oxygen atoms in total. The van der Waals surface area contributed by atoms with Gasteiger partial charge in [-0.25, -0.2) is 4.86 Å². The van der Waals surface area contributed by atoms with E-state index in [0.717, 1.165) is 0 Å². The molecule has 0 saturated carbocycles. The first-order valence-corrected chi connectivity index (χ1v) is 3.63. The fourth-order valence-corrected chi connectivity index (χ4v) is 0. The highest BCUT2D eigenvalue weighted by atomic mass is 31.2. The van der Waals surface area contributed by atoms with Gasteiger partial charge in [0.2, 0.25) is 0 Å². The molecule has 0 spiro atoms. The third-order valence-corrected chi connectivity index (χ3v) is 1.82. The minimum Gasteiger partial charge on any atom is -0.271 e. The van der Waals surface area contributed by atoms with Gasteiger partial charge in [0.15, 0.2) is 0 Å². The Hall–Kier alpha value is 0.540. The first-order valence-electron chi connectivity index (χ1n) is 1.21. The molecule has 0 aromatic carbocycles. The van der Waals surface area contributed by atoms with E-state index in [9.17, 15) is 4.57 Å². The van der Waals surface area contributed by atoms with E-state index in [1.165, 1.54) is 0 Å². The summed E-state index contributed by atoms with van der Waals surface area (Å²) in [5, 5.41) is 0. The molecule has 6 heteroatoms. The highest BCUT2D eigenvalue weighted by Gasteiger charge is 1.98. The zero-order valence-corrected chi connectivity index (χ0v) is 5.14. The van der Waals surface area contributed by atoms with Crippen LogP contribution >= 0.6 is 17.0 Å². The van der Waals surface area contributed by atoms with Crippen molar-refractivity contribution in [2.75, 3.05) is 0 Å². The lowest BCUT2D eigenvalue weighted by molar-refractivity contribution is 0.575. The Morgan fingerprint density at radius 2 is 1.83 bits per heavy atom. The number of rotatable bonds is 1. The van der Waals surface area contributed by atoms with E-state index in [0.29, 0.717) is 0 Å². The van der Waals surface area contributed by atoms with Crippen molar-refractivity contribution in [3.63, 3.8) is 0 Å². The average Bonchev–Trinajstić information content (AvgIpc) is 1.35. The summed E-state index contributed by atoms with van der Waals surface area (Å²) in [6.45, 7) is 0. The molecule has 0 heterocycles. The van der Waals surface area contributed by atoms with E-state index in [2.05, 4.69) is 4.86 Å². The third-order valence-electron chi connectivity index (χ3n) is 0.202. The molecule has 38 valence electrons. The molecule has 0 saturated heterocycles. The van der Waals surface area contributed by atoms with E-state index < -0.39 is 7.59 Å². The molecule has 0 radical (unpaired) electrons. The van der Waals surface area contributed by atoms with Crippen LogP contribution in [0.2, 0.25) is 0 Å². The Kier molecular flexibility index (Phi) is 2.19. The van der Waals surface area contributed by atoms with Gasteiger partial charge >= 0.3 is 0 Å². The molecule has 0 aromatic heterocycles. The van der Waals surface area contributed by atoms with Gasteiger partial charge in [-0.15, -0.1) is 0 Å². The van der Waals surface area contributed by atoms with Crippen LogP contribution in [0, 0.1) is 0 Å². The molecule has 1 unspecified atom stereocenters. The van der Waals surface area contributed by atoms with Gasteiger partial charge in [0.05, 0.1) is 0 Å². The number of hydrogen-bond donors (Lipinski definition) is 3. The second kappa shape index (κ2) is 2.01. The van der Waals surface area contributed by atoms with Gasteiger partial charge in [0.25, 0.3) is 7.59 Å². The molecule has 0 bridgehead atoms. The van der Waals surface area contributed by atoms with Crippen molar-refractivity contribution in [3.05, 3.63) is 0 Å². The van der Waals surface area contributed by atoms with E-state index in [4.69, 9.17) is 11.0 Å². The van der Waals surface area contributed by atoms with Gasteiger partial charge in [-0.3, -0.25) is 15.6 Å². The van der Waals surface area contributed by atoms with Gasteiger partial charge in [0, 0.05) is 0 Å². The van der Waals surface area contributed by atoms with Crippen LogP contribution in [0.5, 0.6) is 0 Å². The van der Waals surface area contributed by atoms with Crippen LogP contribution in [-0.4, -0.2) is 0 Å². The molecule has 5 N–H and O–H groups in total. The molecular formula is H7N3OP2. The molecule has 1 atom stereocenters. The topological polar surface area (TPSA) is 81.1 Å². The van der Waals surface area contributed by atoms with Crippen molar-refractivity contribution >= 4 is 17.0 Å². The zero-order valence-electron chi connectivity index (χ0n) is 3.09. The lowest BCUT2D eigenvalue weighted by Crippen LogP contribution is -2.12. The Bertz CT molecular complexity index is 72.9. The number of nitrogens with two attached hydrogens (primary N) is 2. The molecule has 0 fully saturated rings. The summed E-state index contributed by atoms with van der Waals surface area (Å²) in [6, 6.07) is 0. The van der Waals surface area contributed by atoms with E-state index in [-0.39, 0.29) is 0 Å². The highest BCUT2D eigenvalue weighted by molar-refractivity contribution is 7.62. The van der Waals surface area contributed by atoms with Crippen molar-refractivity contribution in [2.24, 2.45) is 11.0 Å². The second-order valence-electron chi connectivity index (χ2n) is 0.838. The predicted molar refractivity (Wildman–Crippen MR) is 28.8 cm³/mol. The first kappa shape index (κ1) is 6.54. The number of hydrogen-bond acceptors (Lipinski definition) is 1. The van der Waals surface area contributed by atoms with Crippen LogP contribution in [0.15, 0.2) is 0 Å². The first-order chi connectivity index (χ1) is 2.56. The Labute approximate surface area is 38.4 Å². The second-order valence-corrected chi connectivity index (χ2v) is 3.29. The van der Waals surface area contributed by atoms with Gasteiger partial charge in [-0.2, -0.15) is 0 Å². The zero-order chi connectivity index (χ0) is 5.21. The Morgan fingerprint density at radius 1 is 1.67 bits per heavy atom. The summed E-state index contributed by atoms with van der Waals surface area (Å²) in [7, 11) is -0.972. The molecule has 0 aliphatic heterocycles. The lowest BCUT2D eigenvalue weighted by Gasteiger charge is -1.98. The van der Waals surface area contributed by atoms with Crippen LogP contribution in [0.25, 0.3) is 0 Å².